The fourth-order valence-electron chi connectivity index (χ4n) is 1.94. The first kappa shape index (κ1) is 14.9. The third-order valence-corrected chi connectivity index (χ3v) is 3.21. The van der Waals surface area contributed by atoms with Crippen LogP contribution in [0.25, 0.3) is 0 Å². The van der Waals surface area contributed by atoms with Gasteiger partial charge in [-0.25, -0.2) is 0 Å². The molecule has 1 aromatic carbocycles. The largest absolute Gasteiger partial charge is 0.416 e. The number of aliphatic hydroxyl groups excluding tert-OH is 1. The van der Waals surface area contributed by atoms with Crippen LogP contribution >= 0.6 is 11.6 Å². The Balaban J connectivity index is 2.43. The van der Waals surface area contributed by atoms with Crippen molar-refractivity contribution in [1.29, 1.82) is 0 Å². The Bertz CT molecular complexity index is 610. The van der Waals surface area contributed by atoms with Gasteiger partial charge in [0.25, 0.3) is 0 Å². The fourth-order valence-corrected chi connectivity index (χ4v) is 2.18. The van der Waals surface area contributed by atoms with Gasteiger partial charge < -0.3 is 5.11 Å². The van der Waals surface area contributed by atoms with E-state index in [-0.39, 0.29) is 16.3 Å². The highest BCUT2D eigenvalue weighted by molar-refractivity contribution is 6.31. The van der Waals surface area contributed by atoms with Gasteiger partial charge in [0.05, 0.1) is 22.5 Å². The molecular formula is C13H12ClF3N2O. The minimum atomic E-state index is -4.45. The van der Waals surface area contributed by atoms with Crippen LogP contribution in [0.3, 0.4) is 0 Å². The van der Waals surface area contributed by atoms with E-state index in [4.69, 9.17) is 11.6 Å². The van der Waals surface area contributed by atoms with Crippen LogP contribution < -0.4 is 0 Å². The molecule has 0 radical (unpaired) electrons. The van der Waals surface area contributed by atoms with E-state index in [0.717, 1.165) is 12.1 Å². The highest BCUT2D eigenvalue weighted by Gasteiger charge is 2.31. The van der Waals surface area contributed by atoms with E-state index < -0.39 is 17.8 Å². The topological polar surface area (TPSA) is 38.0 Å². The molecule has 108 valence electrons. The van der Waals surface area contributed by atoms with Crippen LogP contribution in [0.4, 0.5) is 13.2 Å². The normalized spacial score (nSPS) is 13.5. The average Bonchev–Trinajstić information content (AvgIpc) is 2.78. The molecule has 1 heterocycles. The zero-order valence-electron chi connectivity index (χ0n) is 10.5. The summed E-state index contributed by atoms with van der Waals surface area (Å²) in [6.45, 7) is 2.25. The van der Waals surface area contributed by atoms with Crippen LogP contribution in [0, 0.1) is 0 Å². The smallest absolute Gasteiger partial charge is 0.382 e. The molecule has 0 saturated heterocycles. The standard InChI is InChI=1S/C13H12ClF3N2O/c1-2-19-11(10(14)7-18-19)12(20)8-4-3-5-9(6-8)13(15,16)17/h3-7,12,20H,2H2,1H3. The summed E-state index contributed by atoms with van der Waals surface area (Å²) in [6.07, 6.45) is -4.35. The third kappa shape index (κ3) is 2.81. The number of alkyl halides is 3. The second-order valence-electron chi connectivity index (χ2n) is 4.22. The van der Waals surface area contributed by atoms with Crippen molar-refractivity contribution in [2.75, 3.05) is 0 Å². The lowest BCUT2D eigenvalue weighted by Gasteiger charge is -2.15. The number of benzene rings is 1. The summed E-state index contributed by atoms with van der Waals surface area (Å²) in [6, 6.07) is 4.54. The minimum Gasteiger partial charge on any atom is -0.382 e. The van der Waals surface area contributed by atoms with Crippen molar-refractivity contribution in [2.45, 2.75) is 25.7 Å². The summed E-state index contributed by atoms with van der Waals surface area (Å²) < 4.78 is 39.5. The maximum Gasteiger partial charge on any atom is 0.416 e. The van der Waals surface area contributed by atoms with E-state index in [1.807, 2.05) is 0 Å². The Morgan fingerprint density at radius 1 is 1.40 bits per heavy atom. The zero-order chi connectivity index (χ0) is 14.9. The molecule has 1 aromatic heterocycles. The number of hydrogen-bond acceptors (Lipinski definition) is 2. The quantitative estimate of drug-likeness (QED) is 0.940. The van der Waals surface area contributed by atoms with Crippen molar-refractivity contribution in [2.24, 2.45) is 0 Å². The van der Waals surface area contributed by atoms with Gasteiger partial charge in [-0.05, 0) is 24.6 Å². The number of hydrogen-bond donors (Lipinski definition) is 1. The van der Waals surface area contributed by atoms with Crippen LogP contribution in [0.15, 0.2) is 30.5 Å². The lowest BCUT2D eigenvalue weighted by molar-refractivity contribution is -0.137. The van der Waals surface area contributed by atoms with Crippen LogP contribution in [0.1, 0.15) is 29.8 Å². The minimum absolute atomic E-state index is 0.122. The van der Waals surface area contributed by atoms with E-state index in [0.29, 0.717) is 6.54 Å². The molecule has 0 amide bonds. The Labute approximate surface area is 118 Å². The highest BCUT2D eigenvalue weighted by Crippen LogP contribution is 2.33. The first-order chi connectivity index (χ1) is 9.34. The number of nitrogens with zero attached hydrogens (tertiary/aromatic N) is 2. The van der Waals surface area contributed by atoms with Gasteiger partial charge in [-0.2, -0.15) is 18.3 Å². The van der Waals surface area contributed by atoms with E-state index in [2.05, 4.69) is 5.10 Å². The molecule has 0 bridgehead atoms. The van der Waals surface area contributed by atoms with Crippen molar-refractivity contribution < 1.29 is 18.3 Å². The molecule has 3 nitrogen and oxygen atoms in total. The second kappa shape index (κ2) is 5.46. The molecule has 1 N–H and O–H groups in total. The maximum atomic E-state index is 12.7. The molecule has 0 aliphatic carbocycles. The van der Waals surface area contributed by atoms with E-state index in [1.54, 1.807) is 6.92 Å². The predicted octanol–water partition coefficient (Wildman–Crippen LogP) is 3.66. The molecular weight excluding hydrogens is 293 g/mol. The molecule has 2 aromatic rings. The van der Waals surface area contributed by atoms with Crippen LogP contribution in [-0.4, -0.2) is 14.9 Å². The number of aryl methyl sites for hydroxylation is 1. The Kier molecular flexibility index (Phi) is 4.06. The van der Waals surface area contributed by atoms with Gasteiger partial charge in [-0.3, -0.25) is 4.68 Å². The lowest BCUT2D eigenvalue weighted by Crippen LogP contribution is -2.11. The van der Waals surface area contributed by atoms with Crippen LogP contribution in [0.5, 0.6) is 0 Å². The molecule has 0 saturated carbocycles. The number of aromatic nitrogens is 2. The zero-order valence-corrected chi connectivity index (χ0v) is 11.3. The predicted molar refractivity (Wildman–Crippen MR) is 68.4 cm³/mol. The first-order valence-corrected chi connectivity index (χ1v) is 6.28. The van der Waals surface area contributed by atoms with Crippen LogP contribution in [0.2, 0.25) is 5.02 Å². The van der Waals surface area contributed by atoms with Crippen molar-refractivity contribution in [3.05, 3.63) is 52.3 Å². The van der Waals surface area contributed by atoms with E-state index in [9.17, 15) is 18.3 Å². The molecule has 1 unspecified atom stereocenters. The summed E-state index contributed by atoms with van der Waals surface area (Å²) >= 11 is 5.93. The maximum absolute atomic E-state index is 12.7. The number of halogens is 4. The van der Waals surface area contributed by atoms with Crippen molar-refractivity contribution in [3.63, 3.8) is 0 Å². The van der Waals surface area contributed by atoms with Crippen molar-refractivity contribution in [3.8, 4) is 0 Å². The summed E-state index contributed by atoms with van der Waals surface area (Å²) in [5.74, 6) is 0. The summed E-state index contributed by atoms with van der Waals surface area (Å²) in [4.78, 5) is 0. The SMILES string of the molecule is CCn1ncc(Cl)c1C(O)c1cccc(C(F)(F)F)c1. The van der Waals surface area contributed by atoms with Crippen molar-refractivity contribution in [1.82, 2.24) is 9.78 Å². The molecule has 1 atom stereocenters. The Hall–Kier alpha value is -1.53. The molecule has 0 aliphatic heterocycles. The molecule has 0 fully saturated rings. The van der Waals surface area contributed by atoms with E-state index >= 15 is 0 Å². The van der Waals surface area contributed by atoms with Gasteiger partial charge in [0.1, 0.15) is 6.10 Å². The Morgan fingerprint density at radius 2 is 2.10 bits per heavy atom. The van der Waals surface area contributed by atoms with Gasteiger partial charge in [0.2, 0.25) is 0 Å². The molecule has 0 aliphatic rings. The van der Waals surface area contributed by atoms with Gasteiger partial charge in [-0.1, -0.05) is 23.7 Å². The number of rotatable bonds is 3. The average molecular weight is 305 g/mol. The van der Waals surface area contributed by atoms with E-state index in [1.165, 1.54) is 23.0 Å². The molecule has 20 heavy (non-hydrogen) atoms. The highest BCUT2D eigenvalue weighted by atomic mass is 35.5. The molecule has 0 spiro atoms. The fraction of sp³-hybridized carbons (Fsp3) is 0.308. The van der Waals surface area contributed by atoms with Gasteiger partial charge in [-0.15, -0.1) is 0 Å². The summed E-state index contributed by atoms with van der Waals surface area (Å²) in [7, 11) is 0. The first-order valence-electron chi connectivity index (χ1n) is 5.91. The second-order valence-corrected chi connectivity index (χ2v) is 4.63. The van der Waals surface area contributed by atoms with Gasteiger partial charge in [0.15, 0.2) is 0 Å². The summed E-state index contributed by atoms with van der Waals surface area (Å²) in [5.41, 5.74) is -0.404. The van der Waals surface area contributed by atoms with Crippen molar-refractivity contribution >= 4 is 11.6 Å². The third-order valence-electron chi connectivity index (χ3n) is 2.92. The van der Waals surface area contributed by atoms with Gasteiger partial charge >= 0.3 is 6.18 Å². The lowest BCUT2D eigenvalue weighted by atomic mass is 10.0. The Morgan fingerprint density at radius 3 is 2.70 bits per heavy atom. The summed E-state index contributed by atoms with van der Waals surface area (Å²) in [5, 5.41) is 14.4. The van der Waals surface area contributed by atoms with Gasteiger partial charge in [0, 0.05) is 6.54 Å². The monoisotopic (exact) mass is 304 g/mol. The number of aliphatic hydroxyl groups is 1. The molecule has 7 heteroatoms. The molecule has 2 rings (SSSR count). The van der Waals surface area contributed by atoms with Crippen LogP contribution in [-0.2, 0) is 12.7 Å².